The molecule has 1 heterocycles. The number of methoxy groups -OCH3 is 2. The van der Waals surface area contributed by atoms with Crippen LogP contribution in [0, 0.1) is 6.92 Å². The van der Waals surface area contributed by atoms with Crippen LogP contribution in [0.15, 0.2) is 64.8 Å². The van der Waals surface area contributed by atoms with Gasteiger partial charge in [0.25, 0.3) is 0 Å². The van der Waals surface area contributed by atoms with E-state index in [2.05, 4.69) is 15.9 Å². The van der Waals surface area contributed by atoms with Gasteiger partial charge < -0.3 is 18.9 Å². The number of ether oxygens (including phenoxy) is 4. The largest absolute Gasteiger partial charge is 0.497 e. The fourth-order valence-corrected chi connectivity index (χ4v) is 3.63. The Morgan fingerprint density at radius 3 is 2.41 bits per heavy atom. The van der Waals surface area contributed by atoms with Crippen LogP contribution in [0.5, 0.6) is 23.0 Å². The van der Waals surface area contributed by atoms with E-state index in [4.69, 9.17) is 18.9 Å². The van der Waals surface area contributed by atoms with E-state index in [1.54, 1.807) is 81.8 Å². The van der Waals surface area contributed by atoms with Crippen molar-refractivity contribution in [2.45, 2.75) is 6.92 Å². The highest BCUT2D eigenvalue weighted by Gasteiger charge is 2.30. The van der Waals surface area contributed by atoms with Crippen molar-refractivity contribution in [1.82, 2.24) is 0 Å². The number of ketones is 1. The molecule has 0 radical (unpaired) electrons. The quantitative estimate of drug-likeness (QED) is 0.260. The number of aryl methyl sites for hydroxylation is 1. The zero-order chi connectivity index (χ0) is 22.8. The summed E-state index contributed by atoms with van der Waals surface area (Å²) in [6.07, 6.45) is 1.62. The first kappa shape index (κ1) is 21.6. The van der Waals surface area contributed by atoms with E-state index in [1.165, 1.54) is 0 Å². The molecule has 0 aromatic heterocycles. The number of rotatable bonds is 5. The first-order valence-electron chi connectivity index (χ1n) is 9.68. The molecule has 6 nitrogen and oxygen atoms in total. The fourth-order valence-electron chi connectivity index (χ4n) is 3.37. The third kappa shape index (κ3) is 4.24. The van der Waals surface area contributed by atoms with Gasteiger partial charge in [0.15, 0.2) is 5.76 Å². The SMILES string of the molecule is COc1ccc(/C=C2\Oc3cc(OC(=O)c4ccc(Br)cc4)cc(C)c3C2=O)c(OC)c1. The minimum atomic E-state index is -0.500. The molecule has 0 fully saturated rings. The number of benzene rings is 3. The van der Waals surface area contributed by atoms with Gasteiger partial charge in [-0.05, 0) is 61.0 Å². The van der Waals surface area contributed by atoms with Crippen molar-refractivity contribution >= 4 is 33.8 Å². The summed E-state index contributed by atoms with van der Waals surface area (Å²) in [7, 11) is 3.11. The van der Waals surface area contributed by atoms with E-state index in [9.17, 15) is 9.59 Å². The van der Waals surface area contributed by atoms with Crippen molar-refractivity contribution in [3.05, 3.63) is 87.1 Å². The van der Waals surface area contributed by atoms with Crippen molar-refractivity contribution in [1.29, 1.82) is 0 Å². The van der Waals surface area contributed by atoms with Gasteiger partial charge in [-0.25, -0.2) is 4.79 Å². The lowest BCUT2D eigenvalue weighted by atomic mass is 10.0. The average molecular weight is 495 g/mol. The molecule has 0 aliphatic carbocycles. The van der Waals surface area contributed by atoms with Gasteiger partial charge in [0.1, 0.15) is 23.0 Å². The smallest absolute Gasteiger partial charge is 0.343 e. The molecule has 32 heavy (non-hydrogen) atoms. The lowest BCUT2D eigenvalue weighted by Crippen LogP contribution is -2.08. The standard InChI is InChI=1S/C25H19BrO6/c1-14-10-19(31-25(28)15-4-7-17(26)8-5-15)13-21-23(14)24(27)22(32-21)11-16-6-9-18(29-2)12-20(16)30-3/h4-13H,1-3H3/b22-11-. The number of Topliss-reactive ketones (excluding diaryl/α,β-unsaturated/α-hetero) is 1. The van der Waals surface area contributed by atoms with E-state index < -0.39 is 5.97 Å². The molecular weight excluding hydrogens is 476 g/mol. The second-order valence-electron chi connectivity index (χ2n) is 7.06. The minimum Gasteiger partial charge on any atom is -0.497 e. The van der Waals surface area contributed by atoms with Crippen LogP contribution >= 0.6 is 15.9 Å². The maximum Gasteiger partial charge on any atom is 0.343 e. The second-order valence-corrected chi connectivity index (χ2v) is 7.97. The van der Waals surface area contributed by atoms with E-state index in [-0.39, 0.29) is 11.5 Å². The molecule has 0 bridgehead atoms. The lowest BCUT2D eigenvalue weighted by Gasteiger charge is -2.08. The molecule has 4 rings (SSSR count). The van der Waals surface area contributed by atoms with Gasteiger partial charge in [0.05, 0.1) is 25.3 Å². The number of esters is 1. The van der Waals surface area contributed by atoms with Crippen LogP contribution in [-0.4, -0.2) is 26.0 Å². The van der Waals surface area contributed by atoms with Crippen LogP contribution in [0.25, 0.3) is 6.08 Å². The van der Waals surface area contributed by atoms with Crippen molar-refractivity contribution in [3.8, 4) is 23.0 Å². The molecule has 0 spiro atoms. The van der Waals surface area contributed by atoms with Crippen LogP contribution in [0.1, 0.15) is 31.8 Å². The number of carbonyl (C=O) groups excluding carboxylic acids is 2. The molecule has 0 saturated heterocycles. The Morgan fingerprint density at radius 1 is 0.969 bits per heavy atom. The summed E-state index contributed by atoms with van der Waals surface area (Å²) in [4.78, 5) is 25.4. The number of hydrogen-bond acceptors (Lipinski definition) is 6. The van der Waals surface area contributed by atoms with Crippen LogP contribution in [0.4, 0.5) is 0 Å². The van der Waals surface area contributed by atoms with Crippen molar-refractivity contribution in [2.24, 2.45) is 0 Å². The van der Waals surface area contributed by atoms with Gasteiger partial charge in [0, 0.05) is 22.2 Å². The van der Waals surface area contributed by atoms with E-state index >= 15 is 0 Å². The maximum absolute atomic E-state index is 13.0. The Kier molecular flexibility index (Phi) is 6.01. The Morgan fingerprint density at radius 2 is 1.72 bits per heavy atom. The summed E-state index contributed by atoms with van der Waals surface area (Å²) in [5.74, 6) is 1.23. The van der Waals surface area contributed by atoms with Crippen molar-refractivity contribution in [3.63, 3.8) is 0 Å². The molecule has 7 heteroatoms. The first-order valence-corrected chi connectivity index (χ1v) is 10.5. The van der Waals surface area contributed by atoms with E-state index in [0.717, 1.165) is 4.47 Å². The van der Waals surface area contributed by atoms with Gasteiger partial charge >= 0.3 is 5.97 Å². The molecule has 162 valence electrons. The fraction of sp³-hybridized carbons (Fsp3) is 0.120. The highest BCUT2D eigenvalue weighted by Crippen LogP contribution is 2.38. The Labute approximate surface area is 193 Å². The monoisotopic (exact) mass is 494 g/mol. The van der Waals surface area contributed by atoms with Gasteiger partial charge in [0.2, 0.25) is 5.78 Å². The summed E-state index contributed by atoms with van der Waals surface area (Å²) in [5, 5.41) is 0. The van der Waals surface area contributed by atoms with Crippen molar-refractivity contribution in [2.75, 3.05) is 14.2 Å². The molecule has 0 unspecified atom stereocenters. The molecule has 0 amide bonds. The summed E-state index contributed by atoms with van der Waals surface area (Å²) < 4.78 is 22.8. The van der Waals surface area contributed by atoms with E-state index in [1.807, 2.05) is 0 Å². The number of halogens is 1. The van der Waals surface area contributed by atoms with Gasteiger partial charge in [-0.3, -0.25) is 4.79 Å². The van der Waals surface area contributed by atoms with Gasteiger partial charge in [-0.1, -0.05) is 15.9 Å². The molecule has 3 aromatic rings. The highest BCUT2D eigenvalue weighted by atomic mass is 79.9. The van der Waals surface area contributed by atoms with Crippen molar-refractivity contribution < 1.29 is 28.5 Å². The van der Waals surface area contributed by atoms with Crippen LogP contribution in [0.2, 0.25) is 0 Å². The van der Waals surface area contributed by atoms with E-state index in [0.29, 0.717) is 45.3 Å². The third-order valence-corrected chi connectivity index (χ3v) is 5.49. The molecule has 0 atom stereocenters. The number of hydrogen-bond donors (Lipinski definition) is 0. The van der Waals surface area contributed by atoms with Crippen LogP contribution in [0.3, 0.4) is 0 Å². The lowest BCUT2D eigenvalue weighted by molar-refractivity contribution is 0.0734. The van der Waals surface area contributed by atoms with Crippen LogP contribution < -0.4 is 18.9 Å². The number of carbonyl (C=O) groups is 2. The van der Waals surface area contributed by atoms with Gasteiger partial charge in [-0.15, -0.1) is 0 Å². The minimum absolute atomic E-state index is 0.156. The summed E-state index contributed by atoms with van der Waals surface area (Å²) in [6.45, 7) is 1.77. The zero-order valence-electron chi connectivity index (χ0n) is 17.6. The topological polar surface area (TPSA) is 71.1 Å². The highest BCUT2D eigenvalue weighted by molar-refractivity contribution is 9.10. The van der Waals surface area contributed by atoms with Gasteiger partial charge in [-0.2, -0.15) is 0 Å². The molecular formula is C25H19BrO6. The summed E-state index contributed by atoms with van der Waals surface area (Å²) >= 11 is 3.34. The normalized spacial score (nSPS) is 13.5. The predicted octanol–water partition coefficient (Wildman–Crippen LogP) is 5.61. The Balaban J connectivity index is 1.61. The molecule has 1 aliphatic heterocycles. The average Bonchev–Trinajstić information content (AvgIpc) is 3.09. The first-order chi connectivity index (χ1) is 15.4. The zero-order valence-corrected chi connectivity index (χ0v) is 19.2. The number of fused-ring (bicyclic) bond motifs is 1. The number of allylic oxidation sites excluding steroid dienone is 1. The maximum atomic E-state index is 13.0. The molecule has 3 aromatic carbocycles. The Hall–Kier alpha value is -3.58. The second kappa shape index (κ2) is 8.88. The molecule has 1 aliphatic rings. The third-order valence-electron chi connectivity index (χ3n) is 4.96. The molecule has 0 N–H and O–H groups in total. The van der Waals surface area contributed by atoms with Crippen LogP contribution in [-0.2, 0) is 0 Å². The summed E-state index contributed by atoms with van der Waals surface area (Å²) in [5.41, 5.74) is 2.17. The Bertz CT molecular complexity index is 1240. The summed E-state index contributed by atoms with van der Waals surface area (Å²) in [6, 6.07) is 15.3. The molecule has 0 saturated carbocycles. The predicted molar refractivity (Wildman–Crippen MR) is 123 cm³/mol.